The molecule has 0 spiro atoms. The molecule has 0 bridgehead atoms. The molecule has 6 heteroatoms. The molecule has 186 valence electrons. The van der Waals surface area contributed by atoms with Gasteiger partial charge in [-0.15, -0.1) is 0 Å². The summed E-state index contributed by atoms with van der Waals surface area (Å²) in [5, 5.41) is 11.4. The van der Waals surface area contributed by atoms with E-state index >= 15 is 0 Å². The number of Topliss-reactive ketones (excluding diaryl/α,β-unsaturated/α-hetero) is 1. The van der Waals surface area contributed by atoms with E-state index in [1.54, 1.807) is 24.3 Å². The van der Waals surface area contributed by atoms with Crippen LogP contribution in [0.1, 0.15) is 42.1 Å². The molecule has 0 aromatic heterocycles. The summed E-state index contributed by atoms with van der Waals surface area (Å²) in [6.45, 7) is 9.83. The predicted molar refractivity (Wildman–Crippen MR) is 144 cm³/mol. The van der Waals surface area contributed by atoms with Crippen LogP contribution in [0.15, 0.2) is 72.3 Å². The Kier molecular flexibility index (Phi) is 7.15. The van der Waals surface area contributed by atoms with Crippen LogP contribution in [0, 0.1) is 13.8 Å². The van der Waals surface area contributed by atoms with Gasteiger partial charge in [-0.05, 0) is 69.2 Å². The number of rotatable bonds is 7. The van der Waals surface area contributed by atoms with Gasteiger partial charge in [0.15, 0.2) is 0 Å². The number of carbonyl (C=O) groups is 2. The van der Waals surface area contributed by atoms with Crippen molar-refractivity contribution in [2.45, 2.75) is 33.7 Å². The number of aryl methyl sites for hydroxylation is 2. The average Bonchev–Trinajstić information content (AvgIpc) is 3.15. The van der Waals surface area contributed by atoms with Crippen molar-refractivity contribution in [3.63, 3.8) is 0 Å². The van der Waals surface area contributed by atoms with E-state index in [4.69, 9.17) is 4.74 Å². The monoisotopic (exact) mass is 484 g/mol. The minimum absolute atomic E-state index is 0.0417. The Morgan fingerprint density at radius 2 is 1.64 bits per heavy atom. The SMILES string of the molecule is CCN(CC)c1ccc(C2/C(=C(\O)c3ccccc3OC)C(=O)C(=O)N2c2ccc(C)cc2C)cc1. The summed E-state index contributed by atoms with van der Waals surface area (Å²) in [6.07, 6.45) is 0. The van der Waals surface area contributed by atoms with Gasteiger partial charge < -0.3 is 14.7 Å². The third-order valence-electron chi connectivity index (χ3n) is 6.76. The zero-order valence-electron chi connectivity index (χ0n) is 21.4. The fourth-order valence-electron chi connectivity index (χ4n) is 4.91. The molecule has 1 N–H and O–H groups in total. The van der Waals surface area contributed by atoms with E-state index in [0.717, 1.165) is 35.5 Å². The topological polar surface area (TPSA) is 70.1 Å². The zero-order valence-corrected chi connectivity index (χ0v) is 21.4. The maximum atomic E-state index is 13.5. The molecule has 6 nitrogen and oxygen atoms in total. The third kappa shape index (κ3) is 4.35. The molecular formula is C30H32N2O4. The first-order chi connectivity index (χ1) is 17.3. The number of methoxy groups -OCH3 is 1. The number of nitrogens with zero attached hydrogens (tertiary/aromatic N) is 2. The van der Waals surface area contributed by atoms with Crippen molar-refractivity contribution in [1.82, 2.24) is 0 Å². The smallest absolute Gasteiger partial charge is 0.300 e. The van der Waals surface area contributed by atoms with E-state index in [9.17, 15) is 14.7 Å². The Labute approximate surface area is 212 Å². The first kappa shape index (κ1) is 25.0. The van der Waals surface area contributed by atoms with Gasteiger partial charge in [0, 0.05) is 24.5 Å². The highest BCUT2D eigenvalue weighted by Crippen LogP contribution is 2.44. The van der Waals surface area contributed by atoms with Crippen molar-refractivity contribution in [2.75, 3.05) is 30.0 Å². The second-order valence-electron chi connectivity index (χ2n) is 8.92. The van der Waals surface area contributed by atoms with Gasteiger partial charge >= 0.3 is 0 Å². The Bertz CT molecular complexity index is 1320. The second-order valence-corrected chi connectivity index (χ2v) is 8.92. The van der Waals surface area contributed by atoms with Gasteiger partial charge in [-0.2, -0.15) is 0 Å². The molecule has 36 heavy (non-hydrogen) atoms. The van der Waals surface area contributed by atoms with Crippen molar-refractivity contribution < 1.29 is 19.4 Å². The number of aliphatic hydroxyl groups excluding tert-OH is 1. The maximum absolute atomic E-state index is 13.5. The van der Waals surface area contributed by atoms with E-state index in [0.29, 0.717) is 17.0 Å². The standard InChI is InChI=1S/C30H32N2O4/c1-6-31(7-2)22-15-13-21(14-16-22)27-26(28(33)23-10-8-9-11-25(23)36-5)29(34)30(35)32(27)24-17-12-19(3)18-20(24)4/h8-18,27,33H,6-7H2,1-5H3/b28-26+. The van der Waals surface area contributed by atoms with Gasteiger partial charge in [0.25, 0.3) is 11.7 Å². The van der Waals surface area contributed by atoms with Crippen LogP contribution in [0.2, 0.25) is 0 Å². The van der Waals surface area contributed by atoms with E-state index < -0.39 is 17.7 Å². The van der Waals surface area contributed by atoms with Gasteiger partial charge in [0.2, 0.25) is 0 Å². The van der Waals surface area contributed by atoms with E-state index in [1.165, 1.54) is 12.0 Å². The molecular weight excluding hydrogens is 452 g/mol. The maximum Gasteiger partial charge on any atom is 0.300 e. The molecule has 0 aliphatic carbocycles. The Morgan fingerprint density at radius 3 is 2.25 bits per heavy atom. The molecule has 0 saturated carbocycles. The van der Waals surface area contributed by atoms with Crippen LogP contribution in [-0.4, -0.2) is 37.0 Å². The number of aliphatic hydroxyl groups is 1. The summed E-state index contributed by atoms with van der Waals surface area (Å²) in [5.74, 6) is -1.23. The Hall–Kier alpha value is -4.06. The highest BCUT2D eigenvalue weighted by Gasteiger charge is 2.47. The van der Waals surface area contributed by atoms with Crippen LogP contribution in [0.3, 0.4) is 0 Å². The minimum Gasteiger partial charge on any atom is -0.507 e. The number of para-hydroxylation sites is 1. The number of amides is 1. The fraction of sp³-hybridized carbons (Fsp3) is 0.267. The second kappa shape index (κ2) is 10.3. The van der Waals surface area contributed by atoms with Crippen LogP contribution in [0.4, 0.5) is 11.4 Å². The molecule has 1 aliphatic rings. The lowest BCUT2D eigenvalue weighted by atomic mass is 9.94. The van der Waals surface area contributed by atoms with Crippen molar-refractivity contribution in [3.8, 4) is 5.75 Å². The molecule has 1 amide bonds. The Morgan fingerprint density at radius 1 is 0.972 bits per heavy atom. The normalized spacial score (nSPS) is 16.9. The molecule has 4 rings (SSSR count). The van der Waals surface area contributed by atoms with Crippen molar-refractivity contribution in [1.29, 1.82) is 0 Å². The molecule has 1 heterocycles. The van der Waals surface area contributed by atoms with Crippen molar-refractivity contribution in [3.05, 3.63) is 94.6 Å². The molecule has 1 atom stereocenters. The first-order valence-electron chi connectivity index (χ1n) is 12.2. The van der Waals surface area contributed by atoms with Crippen LogP contribution in [0.5, 0.6) is 5.75 Å². The number of ether oxygens (including phenoxy) is 1. The lowest BCUT2D eigenvalue weighted by Crippen LogP contribution is -2.30. The quantitative estimate of drug-likeness (QED) is 0.261. The lowest BCUT2D eigenvalue weighted by molar-refractivity contribution is -0.132. The summed E-state index contributed by atoms with van der Waals surface area (Å²) in [4.78, 5) is 30.7. The number of hydrogen-bond acceptors (Lipinski definition) is 5. The molecule has 3 aromatic carbocycles. The van der Waals surface area contributed by atoms with Gasteiger partial charge in [0.05, 0.1) is 24.3 Å². The number of benzene rings is 3. The number of anilines is 2. The van der Waals surface area contributed by atoms with Crippen molar-refractivity contribution >= 4 is 28.8 Å². The number of hydrogen-bond donors (Lipinski definition) is 1. The molecule has 1 fully saturated rings. The summed E-state index contributed by atoms with van der Waals surface area (Å²) >= 11 is 0. The van der Waals surface area contributed by atoms with Crippen LogP contribution in [-0.2, 0) is 9.59 Å². The fourth-order valence-corrected chi connectivity index (χ4v) is 4.91. The summed E-state index contributed by atoms with van der Waals surface area (Å²) in [6, 6.07) is 19.7. The van der Waals surface area contributed by atoms with E-state index in [1.807, 2.05) is 56.3 Å². The number of carbonyl (C=O) groups excluding carboxylic acids is 2. The van der Waals surface area contributed by atoms with Gasteiger partial charge in [0.1, 0.15) is 11.5 Å². The minimum atomic E-state index is -0.790. The zero-order chi connectivity index (χ0) is 26.0. The predicted octanol–water partition coefficient (Wildman–Crippen LogP) is 5.78. The molecule has 1 unspecified atom stereocenters. The molecule has 1 aliphatic heterocycles. The van der Waals surface area contributed by atoms with Crippen molar-refractivity contribution in [2.24, 2.45) is 0 Å². The van der Waals surface area contributed by atoms with Gasteiger partial charge in [-0.25, -0.2) is 0 Å². The summed E-state index contributed by atoms with van der Waals surface area (Å²) in [7, 11) is 1.50. The first-order valence-corrected chi connectivity index (χ1v) is 12.2. The molecule has 0 radical (unpaired) electrons. The Balaban J connectivity index is 1.95. The van der Waals surface area contributed by atoms with E-state index in [-0.39, 0.29) is 11.3 Å². The summed E-state index contributed by atoms with van der Waals surface area (Å²) in [5.41, 5.74) is 4.77. The highest BCUT2D eigenvalue weighted by molar-refractivity contribution is 6.51. The lowest BCUT2D eigenvalue weighted by Gasteiger charge is -2.28. The largest absolute Gasteiger partial charge is 0.507 e. The highest BCUT2D eigenvalue weighted by atomic mass is 16.5. The van der Waals surface area contributed by atoms with Gasteiger partial charge in [-0.3, -0.25) is 14.5 Å². The molecule has 1 saturated heterocycles. The average molecular weight is 485 g/mol. The van der Waals surface area contributed by atoms with Gasteiger partial charge in [-0.1, -0.05) is 42.0 Å². The van der Waals surface area contributed by atoms with Crippen LogP contribution >= 0.6 is 0 Å². The van der Waals surface area contributed by atoms with Crippen LogP contribution < -0.4 is 14.5 Å². The summed E-state index contributed by atoms with van der Waals surface area (Å²) < 4.78 is 5.43. The third-order valence-corrected chi connectivity index (χ3v) is 6.76. The molecule has 3 aromatic rings. The number of ketones is 1. The van der Waals surface area contributed by atoms with Crippen LogP contribution in [0.25, 0.3) is 5.76 Å². The van der Waals surface area contributed by atoms with E-state index in [2.05, 4.69) is 18.7 Å².